The van der Waals surface area contributed by atoms with E-state index in [1.165, 1.54) is 0 Å². The molecule has 2 nitrogen and oxygen atoms in total. The highest BCUT2D eigenvalue weighted by Crippen LogP contribution is 2.25. The van der Waals surface area contributed by atoms with Crippen LogP contribution in [0.3, 0.4) is 0 Å². The molecule has 0 aliphatic carbocycles. The first-order chi connectivity index (χ1) is 7.11. The van der Waals surface area contributed by atoms with E-state index in [1.54, 1.807) is 5.01 Å². The lowest BCUT2D eigenvalue weighted by Gasteiger charge is -2.05. The van der Waals surface area contributed by atoms with E-state index in [1.807, 2.05) is 38.5 Å². The van der Waals surface area contributed by atoms with Crippen molar-refractivity contribution in [1.29, 1.82) is 0 Å². The quantitative estimate of drug-likeness (QED) is 0.585. The summed E-state index contributed by atoms with van der Waals surface area (Å²) in [6, 6.07) is 5.56. The highest BCUT2D eigenvalue weighted by Gasteiger charge is 2.03. The van der Waals surface area contributed by atoms with Crippen LogP contribution in [0.4, 0.5) is 0 Å². The van der Waals surface area contributed by atoms with Crippen LogP contribution >= 0.6 is 23.2 Å². The molecular formula is C11H14Cl2N2. The monoisotopic (exact) mass is 244 g/mol. The van der Waals surface area contributed by atoms with Crippen molar-refractivity contribution in [2.24, 2.45) is 5.10 Å². The number of rotatable bonds is 4. The fourth-order valence-electron chi connectivity index (χ4n) is 1.20. The van der Waals surface area contributed by atoms with Crippen LogP contribution in [-0.4, -0.2) is 25.3 Å². The number of hydrazone groups is 1. The Kier molecular flexibility index (Phi) is 4.92. The van der Waals surface area contributed by atoms with Gasteiger partial charge in [-0.3, -0.25) is 0 Å². The average molecular weight is 245 g/mol. The molecule has 1 aromatic carbocycles. The maximum atomic E-state index is 6.03. The Morgan fingerprint density at radius 1 is 1.27 bits per heavy atom. The number of hydrogen-bond donors (Lipinski definition) is 0. The largest absolute Gasteiger partial charge is 0.303 e. The van der Waals surface area contributed by atoms with Gasteiger partial charge in [-0.2, -0.15) is 5.10 Å². The molecule has 0 spiro atoms. The lowest BCUT2D eigenvalue weighted by Crippen LogP contribution is -2.02. The topological polar surface area (TPSA) is 15.6 Å². The van der Waals surface area contributed by atoms with Crippen molar-refractivity contribution in [2.45, 2.75) is 12.8 Å². The minimum absolute atomic E-state index is 0.723. The molecule has 15 heavy (non-hydrogen) atoms. The Morgan fingerprint density at radius 3 is 2.40 bits per heavy atom. The van der Waals surface area contributed by atoms with Gasteiger partial charge in [0.25, 0.3) is 0 Å². The molecule has 0 saturated heterocycles. The summed E-state index contributed by atoms with van der Waals surface area (Å²) in [7, 11) is 3.78. The van der Waals surface area contributed by atoms with Crippen LogP contribution in [0.1, 0.15) is 12.0 Å². The van der Waals surface area contributed by atoms with Crippen LogP contribution in [0.5, 0.6) is 0 Å². The molecule has 0 unspecified atom stereocenters. The van der Waals surface area contributed by atoms with Crippen LogP contribution in [0.25, 0.3) is 0 Å². The first-order valence-corrected chi connectivity index (χ1v) is 5.49. The lowest BCUT2D eigenvalue weighted by atomic mass is 10.1. The SMILES string of the molecule is CN(C)/N=C/CCc1c(Cl)cccc1Cl. The van der Waals surface area contributed by atoms with Gasteiger partial charge in [-0.15, -0.1) is 0 Å². The van der Waals surface area contributed by atoms with E-state index in [0.29, 0.717) is 0 Å². The molecule has 1 rings (SSSR count). The van der Waals surface area contributed by atoms with Gasteiger partial charge in [0, 0.05) is 30.4 Å². The van der Waals surface area contributed by atoms with Gasteiger partial charge in [0.05, 0.1) is 0 Å². The number of hydrogen-bond acceptors (Lipinski definition) is 2. The zero-order chi connectivity index (χ0) is 11.3. The molecule has 4 heteroatoms. The third-order valence-electron chi connectivity index (χ3n) is 1.90. The van der Waals surface area contributed by atoms with Gasteiger partial charge in [0.1, 0.15) is 0 Å². The van der Waals surface area contributed by atoms with E-state index in [2.05, 4.69) is 5.10 Å². The molecule has 0 atom stereocenters. The van der Waals surface area contributed by atoms with Gasteiger partial charge in [0.15, 0.2) is 0 Å². The van der Waals surface area contributed by atoms with Gasteiger partial charge in [-0.1, -0.05) is 29.3 Å². The van der Waals surface area contributed by atoms with Crippen molar-refractivity contribution in [2.75, 3.05) is 14.1 Å². The summed E-state index contributed by atoms with van der Waals surface area (Å²) in [5.41, 5.74) is 0.992. The summed E-state index contributed by atoms with van der Waals surface area (Å²) in [4.78, 5) is 0. The molecule has 0 saturated carbocycles. The fourth-order valence-corrected chi connectivity index (χ4v) is 1.79. The second kappa shape index (κ2) is 5.99. The van der Waals surface area contributed by atoms with E-state index in [4.69, 9.17) is 23.2 Å². The van der Waals surface area contributed by atoms with Gasteiger partial charge >= 0.3 is 0 Å². The Hall–Kier alpha value is -0.730. The first-order valence-electron chi connectivity index (χ1n) is 4.74. The molecule has 0 amide bonds. The van der Waals surface area contributed by atoms with Gasteiger partial charge < -0.3 is 5.01 Å². The summed E-state index contributed by atoms with van der Waals surface area (Å²) in [6.45, 7) is 0. The van der Waals surface area contributed by atoms with E-state index in [9.17, 15) is 0 Å². The predicted molar refractivity (Wildman–Crippen MR) is 67.0 cm³/mol. The van der Waals surface area contributed by atoms with Crippen LogP contribution < -0.4 is 0 Å². The zero-order valence-electron chi connectivity index (χ0n) is 8.87. The second-order valence-corrected chi connectivity index (χ2v) is 4.20. The molecule has 0 fully saturated rings. The normalized spacial score (nSPS) is 10.9. The van der Waals surface area contributed by atoms with Crippen LogP contribution in [0, 0.1) is 0 Å². The fraction of sp³-hybridized carbons (Fsp3) is 0.364. The van der Waals surface area contributed by atoms with Crippen molar-refractivity contribution >= 4 is 29.4 Å². The average Bonchev–Trinajstić information content (AvgIpc) is 2.15. The lowest BCUT2D eigenvalue weighted by molar-refractivity contribution is 0.439. The van der Waals surface area contributed by atoms with Crippen LogP contribution in [0.2, 0.25) is 10.0 Å². The maximum Gasteiger partial charge on any atom is 0.0452 e. The maximum absolute atomic E-state index is 6.03. The Morgan fingerprint density at radius 2 is 1.87 bits per heavy atom. The van der Waals surface area contributed by atoms with E-state index in [0.717, 1.165) is 28.5 Å². The molecule has 82 valence electrons. The predicted octanol–water partition coefficient (Wildman–Crippen LogP) is 3.47. The second-order valence-electron chi connectivity index (χ2n) is 3.38. The van der Waals surface area contributed by atoms with Gasteiger partial charge in [-0.25, -0.2) is 0 Å². The van der Waals surface area contributed by atoms with Gasteiger partial charge in [0.2, 0.25) is 0 Å². The third-order valence-corrected chi connectivity index (χ3v) is 2.61. The number of nitrogens with zero attached hydrogens (tertiary/aromatic N) is 2. The molecule has 0 aromatic heterocycles. The van der Waals surface area contributed by atoms with Crippen molar-refractivity contribution in [3.63, 3.8) is 0 Å². The van der Waals surface area contributed by atoms with Crippen molar-refractivity contribution in [3.8, 4) is 0 Å². The van der Waals surface area contributed by atoms with Crippen molar-refractivity contribution in [3.05, 3.63) is 33.8 Å². The summed E-state index contributed by atoms with van der Waals surface area (Å²) >= 11 is 12.1. The third kappa shape index (κ3) is 4.10. The minimum Gasteiger partial charge on any atom is -0.303 e. The zero-order valence-corrected chi connectivity index (χ0v) is 10.4. The standard InChI is InChI=1S/C11H14Cl2N2/c1-15(2)14-8-4-5-9-10(12)6-3-7-11(9)13/h3,6-8H,4-5H2,1-2H3/b14-8+. The highest BCUT2D eigenvalue weighted by atomic mass is 35.5. The smallest absolute Gasteiger partial charge is 0.0452 e. The van der Waals surface area contributed by atoms with Gasteiger partial charge in [-0.05, 0) is 30.5 Å². The van der Waals surface area contributed by atoms with Crippen molar-refractivity contribution < 1.29 is 0 Å². The Labute approximate surface area is 100 Å². The molecule has 0 aliphatic heterocycles. The number of benzene rings is 1. The summed E-state index contributed by atoms with van der Waals surface area (Å²) in [6.07, 6.45) is 3.51. The molecule has 0 N–H and O–H groups in total. The molecule has 0 heterocycles. The molecule has 1 aromatic rings. The highest BCUT2D eigenvalue weighted by molar-refractivity contribution is 6.36. The molecule has 0 bridgehead atoms. The molecule has 0 aliphatic rings. The minimum atomic E-state index is 0.723. The van der Waals surface area contributed by atoms with Crippen LogP contribution in [0.15, 0.2) is 23.3 Å². The number of halogens is 2. The van der Waals surface area contributed by atoms with Crippen molar-refractivity contribution in [1.82, 2.24) is 5.01 Å². The van der Waals surface area contributed by atoms with Crippen LogP contribution in [-0.2, 0) is 6.42 Å². The molecule has 0 radical (unpaired) electrons. The molecular weight excluding hydrogens is 231 g/mol. The Balaban J connectivity index is 2.58. The summed E-state index contributed by atoms with van der Waals surface area (Å²) < 4.78 is 0. The first kappa shape index (κ1) is 12.3. The summed E-state index contributed by atoms with van der Waals surface area (Å²) in [5, 5.41) is 7.33. The van der Waals surface area contributed by atoms with E-state index >= 15 is 0 Å². The van der Waals surface area contributed by atoms with E-state index in [-0.39, 0.29) is 0 Å². The Bertz CT molecular complexity index is 328. The van der Waals surface area contributed by atoms with E-state index < -0.39 is 0 Å². The summed E-state index contributed by atoms with van der Waals surface area (Å²) in [5.74, 6) is 0.